The van der Waals surface area contributed by atoms with Gasteiger partial charge in [-0.15, -0.1) is 0 Å². The Morgan fingerprint density at radius 1 is 1.22 bits per heavy atom. The van der Waals surface area contributed by atoms with Gasteiger partial charge in [0.05, 0.1) is 24.4 Å². The lowest BCUT2D eigenvalue weighted by Crippen LogP contribution is -2.46. The van der Waals surface area contributed by atoms with Gasteiger partial charge in [0.2, 0.25) is 5.95 Å². The number of hydrogen-bond donors (Lipinski definition) is 1. The monoisotopic (exact) mass is 498 g/mol. The van der Waals surface area contributed by atoms with Crippen molar-refractivity contribution >= 4 is 17.9 Å². The lowest BCUT2D eigenvalue weighted by atomic mass is 10.0. The number of hydrogen-bond acceptors (Lipinski definition) is 7. The van der Waals surface area contributed by atoms with E-state index in [0.29, 0.717) is 24.3 Å². The van der Waals surface area contributed by atoms with Crippen molar-refractivity contribution in [1.29, 1.82) is 0 Å². The Balaban J connectivity index is 1.77. The summed E-state index contributed by atoms with van der Waals surface area (Å²) in [6, 6.07) is 7.62. The first-order valence-corrected chi connectivity index (χ1v) is 12.9. The maximum Gasteiger partial charge on any atom is 0.416 e. The van der Waals surface area contributed by atoms with Crippen LogP contribution in [0.5, 0.6) is 5.75 Å². The first kappa shape index (κ1) is 27.7. The molecule has 0 radical (unpaired) electrons. The minimum atomic E-state index is -0.413. The van der Waals surface area contributed by atoms with Crippen molar-refractivity contribution in [2.75, 3.05) is 23.4 Å². The topological polar surface area (TPSA) is 85.8 Å². The normalized spacial score (nSPS) is 17.8. The van der Waals surface area contributed by atoms with E-state index in [4.69, 9.17) is 14.2 Å². The average Bonchev–Trinajstić information content (AvgIpc) is 3.18. The molecule has 1 aliphatic rings. The van der Waals surface area contributed by atoms with Crippen molar-refractivity contribution in [1.82, 2.24) is 9.97 Å². The van der Waals surface area contributed by atoms with Crippen molar-refractivity contribution in [3.05, 3.63) is 41.6 Å². The third kappa shape index (κ3) is 7.32. The SMILES string of the molecule is CCC[C@@H](OC(C)(C)C)[C@H]1COC(=O)N1c1ccnc(N[C@@H](C)c2ccc(OCC(C)C)c(C)c2)n1. The molecule has 1 amide bonds. The molecule has 3 atom stereocenters. The second-order valence-electron chi connectivity index (χ2n) is 10.9. The van der Waals surface area contributed by atoms with Crippen LogP contribution in [0.3, 0.4) is 0 Å². The van der Waals surface area contributed by atoms with Crippen LogP contribution < -0.4 is 15.0 Å². The van der Waals surface area contributed by atoms with Gasteiger partial charge in [0.1, 0.15) is 24.2 Å². The Hall–Kier alpha value is -2.87. The molecule has 1 aromatic carbocycles. The second kappa shape index (κ2) is 11.9. The van der Waals surface area contributed by atoms with E-state index in [9.17, 15) is 4.79 Å². The van der Waals surface area contributed by atoms with Crippen LogP contribution in [-0.2, 0) is 9.47 Å². The number of benzene rings is 1. The molecule has 1 fully saturated rings. The summed E-state index contributed by atoms with van der Waals surface area (Å²) in [5.74, 6) is 2.31. The third-order valence-electron chi connectivity index (χ3n) is 5.92. The van der Waals surface area contributed by atoms with Crippen LogP contribution in [0.4, 0.5) is 16.6 Å². The average molecular weight is 499 g/mol. The van der Waals surface area contributed by atoms with Gasteiger partial charge in [-0.2, -0.15) is 4.98 Å². The van der Waals surface area contributed by atoms with Gasteiger partial charge in [0.15, 0.2) is 0 Å². The Kier molecular flexibility index (Phi) is 9.17. The van der Waals surface area contributed by atoms with E-state index in [0.717, 1.165) is 29.7 Å². The van der Waals surface area contributed by atoms with Gasteiger partial charge in [-0.25, -0.2) is 9.78 Å². The number of amides is 1. The van der Waals surface area contributed by atoms with Crippen LogP contribution in [0, 0.1) is 12.8 Å². The summed E-state index contributed by atoms with van der Waals surface area (Å²) in [5.41, 5.74) is 1.84. The van der Waals surface area contributed by atoms with Crippen molar-refractivity contribution in [3.8, 4) is 5.75 Å². The van der Waals surface area contributed by atoms with Crippen LogP contribution in [0.2, 0.25) is 0 Å². The van der Waals surface area contributed by atoms with Crippen molar-refractivity contribution in [3.63, 3.8) is 0 Å². The molecule has 0 bridgehead atoms. The molecule has 1 saturated heterocycles. The highest BCUT2D eigenvalue weighted by Gasteiger charge is 2.42. The molecule has 36 heavy (non-hydrogen) atoms. The Morgan fingerprint density at radius 3 is 2.61 bits per heavy atom. The largest absolute Gasteiger partial charge is 0.493 e. The van der Waals surface area contributed by atoms with Gasteiger partial charge in [-0.05, 0) is 70.2 Å². The predicted molar refractivity (Wildman–Crippen MR) is 143 cm³/mol. The highest BCUT2D eigenvalue weighted by atomic mass is 16.6. The summed E-state index contributed by atoms with van der Waals surface area (Å²) in [6.07, 6.45) is 2.84. The van der Waals surface area contributed by atoms with Crippen molar-refractivity contribution in [2.45, 2.75) is 92.0 Å². The predicted octanol–water partition coefficient (Wildman–Crippen LogP) is 6.30. The van der Waals surface area contributed by atoms with Crippen LogP contribution >= 0.6 is 0 Å². The molecule has 0 aliphatic carbocycles. The third-order valence-corrected chi connectivity index (χ3v) is 5.92. The molecule has 0 saturated carbocycles. The second-order valence-corrected chi connectivity index (χ2v) is 10.9. The number of ether oxygens (including phenoxy) is 3. The Labute approximate surface area is 215 Å². The fourth-order valence-corrected chi connectivity index (χ4v) is 4.23. The molecule has 0 unspecified atom stereocenters. The van der Waals surface area contributed by atoms with E-state index >= 15 is 0 Å². The van der Waals surface area contributed by atoms with E-state index in [1.54, 1.807) is 17.2 Å². The van der Waals surface area contributed by atoms with Crippen molar-refractivity contribution < 1.29 is 19.0 Å². The zero-order valence-corrected chi connectivity index (χ0v) is 23.0. The number of carbonyl (C=O) groups is 1. The number of nitrogens with zero attached hydrogens (tertiary/aromatic N) is 3. The molecule has 2 aromatic rings. The van der Waals surface area contributed by atoms with Crippen molar-refractivity contribution in [2.24, 2.45) is 5.92 Å². The number of aromatic nitrogens is 2. The minimum absolute atomic E-state index is 0.0449. The van der Waals surface area contributed by atoms with Crippen LogP contribution in [0.25, 0.3) is 0 Å². The molecule has 3 rings (SSSR count). The quantitative estimate of drug-likeness (QED) is 0.389. The smallest absolute Gasteiger partial charge is 0.416 e. The first-order chi connectivity index (χ1) is 17.0. The number of nitrogens with one attached hydrogen (secondary N) is 1. The fraction of sp³-hybridized carbons (Fsp3) is 0.607. The van der Waals surface area contributed by atoms with Crippen LogP contribution in [0.1, 0.15) is 78.5 Å². The van der Waals surface area contributed by atoms with Gasteiger partial charge in [-0.1, -0.05) is 39.3 Å². The molecule has 198 valence electrons. The van der Waals surface area contributed by atoms with Crippen LogP contribution in [0.15, 0.2) is 30.5 Å². The lowest BCUT2D eigenvalue weighted by molar-refractivity contribution is -0.0740. The van der Waals surface area contributed by atoms with Crippen LogP contribution in [-0.4, -0.2) is 47.0 Å². The molecule has 1 aromatic heterocycles. The summed E-state index contributed by atoms with van der Waals surface area (Å²) in [5, 5.41) is 3.37. The molecular weight excluding hydrogens is 456 g/mol. The van der Waals surface area contributed by atoms with Gasteiger partial charge in [0.25, 0.3) is 0 Å². The van der Waals surface area contributed by atoms with E-state index in [2.05, 4.69) is 62.0 Å². The van der Waals surface area contributed by atoms with Gasteiger partial charge < -0.3 is 19.5 Å². The summed E-state index contributed by atoms with van der Waals surface area (Å²) in [7, 11) is 0. The molecule has 8 nitrogen and oxygen atoms in total. The maximum atomic E-state index is 12.7. The first-order valence-electron chi connectivity index (χ1n) is 12.9. The lowest BCUT2D eigenvalue weighted by Gasteiger charge is -2.33. The fourth-order valence-electron chi connectivity index (χ4n) is 4.23. The molecule has 8 heteroatoms. The maximum absolute atomic E-state index is 12.7. The van der Waals surface area contributed by atoms with E-state index in [1.165, 1.54) is 0 Å². The van der Waals surface area contributed by atoms with Gasteiger partial charge in [-0.3, -0.25) is 4.90 Å². The molecule has 1 N–H and O–H groups in total. The van der Waals surface area contributed by atoms with E-state index in [-0.39, 0.29) is 30.4 Å². The molecular formula is C28H42N4O4. The summed E-state index contributed by atoms with van der Waals surface area (Å²) in [4.78, 5) is 23.4. The Morgan fingerprint density at radius 2 is 1.97 bits per heavy atom. The number of carbonyl (C=O) groups excluding carboxylic acids is 1. The van der Waals surface area contributed by atoms with Gasteiger partial charge >= 0.3 is 6.09 Å². The van der Waals surface area contributed by atoms with E-state index in [1.807, 2.05) is 26.8 Å². The zero-order chi connectivity index (χ0) is 26.5. The number of rotatable bonds is 11. The Bertz CT molecular complexity index is 1020. The molecule has 1 aliphatic heterocycles. The molecule has 0 spiro atoms. The number of aryl methyl sites for hydroxylation is 1. The number of anilines is 2. The van der Waals surface area contributed by atoms with E-state index < -0.39 is 6.09 Å². The highest BCUT2D eigenvalue weighted by Crippen LogP contribution is 2.30. The standard InChI is InChI=1S/C28H42N4O4/c1-9-10-24(36-28(6,7)8)22-17-35-27(33)32(22)25-13-14-29-26(31-25)30-20(5)21-11-12-23(19(4)15-21)34-16-18(2)3/h11-15,18,20,22,24H,9-10,16-17H2,1-8H3,(H,29,30,31)/t20-,22+,24+/m0/s1. The summed E-state index contributed by atoms with van der Waals surface area (Å²) >= 11 is 0. The minimum Gasteiger partial charge on any atom is -0.493 e. The molecule has 2 heterocycles. The number of cyclic esters (lactones) is 1. The highest BCUT2D eigenvalue weighted by molar-refractivity contribution is 5.89. The van der Waals surface area contributed by atoms with Gasteiger partial charge in [0, 0.05) is 6.20 Å². The summed E-state index contributed by atoms with van der Waals surface area (Å²) < 4.78 is 17.7. The summed E-state index contributed by atoms with van der Waals surface area (Å²) in [6.45, 7) is 17.5. The zero-order valence-electron chi connectivity index (χ0n) is 23.0.